The van der Waals surface area contributed by atoms with Crippen LogP contribution in [0.5, 0.6) is 0 Å². The van der Waals surface area contributed by atoms with Crippen molar-refractivity contribution in [3.63, 3.8) is 0 Å². The van der Waals surface area contributed by atoms with Gasteiger partial charge in [-0.25, -0.2) is 4.79 Å². The molecule has 3 heterocycles. The van der Waals surface area contributed by atoms with Gasteiger partial charge in [0, 0.05) is 32.4 Å². The van der Waals surface area contributed by atoms with Crippen molar-refractivity contribution in [2.24, 2.45) is 13.0 Å². The van der Waals surface area contributed by atoms with Gasteiger partial charge in [0.15, 0.2) is 11.2 Å². The zero-order valence-corrected chi connectivity index (χ0v) is 18.2. The number of para-hydroxylation sites is 1. The van der Waals surface area contributed by atoms with Crippen molar-refractivity contribution in [3.05, 3.63) is 93.1 Å². The molecular weight excluding hydrogens is 402 g/mol. The molecule has 1 atom stereocenters. The minimum Gasteiger partial charge on any atom is -0.312 e. The molecule has 4 aromatic rings. The van der Waals surface area contributed by atoms with Gasteiger partial charge in [0.1, 0.15) is 0 Å². The van der Waals surface area contributed by atoms with E-state index in [0.717, 1.165) is 17.8 Å². The van der Waals surface area contributed by atoms with Crippen LogP contribution in [0.15, 0.2) is 76.3 Å². The van der Waals surface area contributed by atoms with Gasteiger partial charge in [-0.3, -0.25) is 13.9 Å². The number of fused-ring (bicyclic) bond motifs is 3. The van der Waals surface area contributed by atoms with E-state index in [9.17, 15) is 9.59 Å². The molecule has 7 nitrogen and oxygen atoms in total. The summed E-state index contributed by atoms with van der Waals surface area (Å²) < 4.78 is 4.73. The lowest BCUT2D eigenvalue weighted by Crippen LogP contribution is -2.40. The largest absolute Gasteiger partial charge is 0.332 e. The van der Waals surface area contributed by atoms with Gasteiger partial charge < -0.3 is 9.47 Å². The second-order valence-electron chi connectivity index (χ2n) is 8.32. The smallest absolute Gasteiger partial charge is 0.312 e. The zero-order chi connectivity index (χ0) is 22.2. The normalized spacial score (nSPS) is 16.1. The van der Waals surface area contributed by atoms with Crippen molar-refractivity contribution in [1.29, 1.82) is 0 Å². The summed E-state index contributed by atoms with van der Waals surface area (Å²) in [7, 11) is 1.68. The Bertz CT molecular complexity index is 1410. The Hall–Kier alpha value is -3.87. The molecule has 2 aromatic carbocycles. The molecule has 0 bridgehead atoms. The van der Waals surface area contributed by atoms with Gasteiger partial charge in [0.2, 0.25) is 5.95 Å². The summed E-state index contributed by atoms with van der Waals surface area (Å²) in [4.78, 5) is 33.3. The van der Waals surface area contributed by atoms with E-state index in [1.54, 1.807) is 7.05 Å². The second kappa shape index (κ2) is 8.00. The van der Waals surface area contributed by atoms with Crippen LogP contribution >= 0.6 is 0 Å². The monoisotopic (exact) mass is 427 g/mol. The molecule has 0 saturated heterocycles. The third-order valence-corrected chi connectivity index (χ3v) is 5.91. The Labute approximate surface area is 185 Å². The number of aryl methyl sites for hydroxylation is 1. The minimum atomic E-state index is -0.366. The third-order valence-electron chi connectivity index (χ3n) is 5.91. The molecule has 5 rings (SSSR count). The summed E-state index contributed by atoms with van der Waals surface area (Å²) in [6, 6.07) is 19.8. The van der Waals surface area contributed by atoms with Crippen LogP contribution in [-0.2, 0) is 20.1 Å². The van der Waals surface area contributed by atoms with E-state index in [-0.39, 0.29) is 17.8 Å². The fourth-order valence-corrected chi connectivity index (χ4v) is 4.35. The van der Waals surface area contributed by atoms with E-state index < -0.39 is 0 Å². The minimum absolute atomic E-state index is 0.203. The number of rotatable bonds is 4. The van der Waals surface area contributed by atoms with Crippen molar-refractivity contribution >= 4 is 28.9 Å². The summed E-state index contributed by atoms with van der Waals surface area (Å²) in [6.45, 7) is 3.85. The Morgan fingerprint density at radius 3 is 2.41 bits per heavy atom. The molecule has 1 aliphatic heterocycles. The number of anilines is 2. The first-order valence-corrected chi connectivity index (χ1v) is 10.8. The Balaban J connectivity index is 1.64. The van der Waals surface area contributed by atoms with Gasteiger partial charge in [-0.15, -0.1) is 0 Å². The number of benzene rings is 2. The van der Waals surface area contributed by atoms with Gasteiger partial charge in [0.05, 0.1) is 0 Å². The van der Waals surface area contributed by atoms with E-state index in [2.05, 4.69) is 11.8 Å². The van der Waals surface area contributed by atoms with Gasteiger partial charge in [0.25, 0.3) is 5.56 Å². The van der Waals surface area contributed by atoms with Crippen LogP contribution in [0, 0.1) is 5.92 Å². The van der Waals surface area contributed by atoms with Crippen LogP contribution in [0.1, 0.15) is 12.5 Å². The first-order valence-electron chi connectivity index (χ1n) is 10.8. The highest BCUT2D eigenvalue weighted by atomic mass is 16.2. The molecule has 0 unspecified atom stereocenters. The lowest BCUT2D eigenvalue weighted by molar-refractivity contribution is 0.458. The molecule has 7 heteroatoms. The van der Waals surface area contributed by atoms with Gasteiger partial charge >= 0.3 is 5.69 Å². The fraction of sp³-hybridized carbons (Fsp3) is 0.240. The quantitative estimate of drug-likeness (QED) is 0.501. The standard InChI is InChI=1S/C25H25N5O2/c1-18-16-29(20-13-7-4-8-14-20)24-26-22-21(30(24)17-18)23(31)28(25(32)27(22)2)15-9-12-19-10-5-3-6-11-19/h3-14,18H,15-17H2,1-2H3/b12-9+/t18-/m0/s1. The van der Waals surface area contributed by atoms with Crippen molar-refractivity contribution < 1.29 is 0 Å². The summed E-state index contributed by atoms with van der Waals surface area (Å²) in [6.07, 6.45) is 3.76. The van der Waals surface area contributed by atoms with Crippen LogP contribution < -0.4 is 16.1 Å². The number of nitrogens with zero attached hydrogens (tertiary/aromatic N) is 5. The van der Waals surface area contributed by atoms with Crippen LogP contribution in [0.2, 0.25) is 0 Å². The van der Waals surface area contributed by atoms with Crippen molar-refractivity contribution in [1.82, 2.24) is 18.7 Å². The summed E-state index contributed by atoms with van der Waals surface area (Å²) in [5.74, 6) is 1.03. The lowest BCUT2D eigenvalue weighted by Gasteiger charge is -2.32. The van der Waals surface area contributed by atoms with Crippen molar-refractivity contribution in [2.45, 2.75) is 20.0 Å². The molecule has 1 aliphatic rings. The predicted octanol–water partition coefficient (Wildman–Crippen LogP) is 3.40. The SMILES string of the molecule is C[C@H]1CN(c2ccccc2)c2nc3c(c(=O)n(C/C=C/c4ccccc4)c(=O)n3C)n2C1. The van der Waals surface area contributed by atoms with Gasteiger partial charge in [-0.2, -0.15) is 4.98 Å². The average molecular weight is 428 g/mol. The summed E-state index contributed by atoms with van der Waals surface area (Å²) >= 11 is 0. The molecule has 0 N–H and O–H groups in total. The molecule has 0 amide bonds. The first kappa shape index (κ1) is 20.1. The van der Waals surface area contributed by atoms with E-state index >= 15 is 0 Å². The molecular formula is C25H25N5O2. The maximum absolute atomic E-state index is 13.5. The predicted molar refractivity (Wildman–Crippen MR) is 127 cm³/mol. The van der Waals surface area contributed by atoms with E-state index in [1.165, 1.54) is 9.13 Å². The summed E-state index contributed by atoms with van der Waals surface area (Å²) in [5, 5.41) is 0. The third kappa shape index (κ3) is 3.36. The molecule has 0 spiro atoms. The van der Waals surface area contributed by atoms with Crippen LogP contribution in [0.25, 0.3) is 17.2 Å². The Morgan fingerprint density at radius 1 is 1.00 bits per heavy atom. The van der Waals surface area contributed by atoms with Gasteiger partial charge in [-0.1, -0.05) is 67.6 Å². The molecule has 32 heavy (non-hydrogen) atoms. The number of imidazole rings is 1. The maximum atomic E-state index is 13.5. The van der Waals surface area contributed by atoms with Crippen LogP contribution in [0.4, 0.5) is 11.6 Å². The molecule has 2 aromatic heterocycles. The van der Waals surface area contributed by atoms with Crippen molar-refractivity contribution in [2.75, 3.05) is 11.4 Å². The molecule has 0 saturated carbocycles. The Morgan fingerprint density at radius 2 is 1.69 bits per heavy atom. The maximum Gasteiger partial charge on any atom is 0.332 e. The topological polar surface area (TPSA) is 65.1 Å². The van der Waals surface area contributed by atoms with Crippen molar-refractivity contribution in [3.8, 4) is 0 Å². The molecule has 0 radical (unpaired) electrons. The van der Waals surface area contributed by atoms with E-state index in [4.69, 9.17) is 4.98 Å². The molecule has 0 aliphatic carbocycles. The molecule has 162 valence electrons. The second-order valence-corrected chi connectivity index (χ2v) is 8.32. The number of hydrogen-bond donors (Lipinski definition) is 0. The van der Waals surface area contributed by atoms with E-state index in [0.29, 0.717) is 29.6 Å². The fourth-order valence-electron chi connectivity index (χ4n) is 4.35. The van der Waals surface area contributed by atoms with Crippen LogP contribution in [-0.4, -0.2) is 25.2 Å². The Kier molecular flexibility index (Phi) is 5.01. The highest BCUT2D eigenvalue weighted by Crippen LogP contribution is 2.32. The highest BCUT2D eigenvalue weighted by Gasteiger charge is 2.29. The highest BCUT2D eigenvalue weighted by molar-refractivity contribution is 5.77. The first-order chi connectivity index (χ1) is 15.5. The number of aromatic nitrogens is 4. The van der Waals surface area contributed by atoms with Gasteiger partial charge in [-0.05, 0) is 23.6 Å². The number of allylic oxidation sites excluding steroid dienone is 1. The zero-order valence-electron chi connectivity index (χ0n) is 18.2. The lowest BCUT2D eigenvalue weighted by atomic mass is 10.1. The molecule has 0 fully saturated rings. The average Bonchev–Trinajstić information content (AvgIpc) is 3.20. The summed E-state index contributed by atoms with van der Waals surface area (Å²) in [5.41, 5.74) is 2.27. The van der Waals surface area contributed by atoms with E-state index in [1.807, 2.05) is 77.4 Å². The number of hydrogen-bond acceptors (Lipinski definition) is 4. The van der Waals surface area contributed by atoms with Crippen LogP contribution in [0.3, 0.4) is 0 Å².